The van der Waals surface area contributed by atoms with Gasteiger partial charge in [-0.05, 0) is 18.2 Å². The number of aromatic nitrogens is 3. The molecule has 0 saturated heterocycles. The number of para-hydroxylation sites is 1. The summed E-state index contributed by atoms with van der Waals surface area (Å²) in [6.07, 6.45) is 1.67. The Kier molecular flexibility index (Phi) is 5.26. The molecule has 2 aromatic heterocycles. The summed E-state index contributed by atoms with van der Waals surface area (Å²) < 4.78 is 16.3. The first-order valence-electron chi connectivity index (χ1n) is 9.07. The smallest absolute Gasteiger partial charge is 0.229 e. The van der Waals surface area contributed by atoms with Crippen LogP contribution in [0.25, 0.3) is 21.8 Å². The molecule has 4 rings (SSSR count). The van der Waals surface area contributed by atoms with E-state index in [-0.39, 0.29) is 0 Å². The molecule has 0 fully saturated rings. The quantitative estimate of drug-likeness (QED) is 0.364. The lowest BCUT2D eigenvalue weighted by atomic mass is 10.1. The summed E-state index contributed by atoms with van der Waals surface area (Å²) in [5, 5.41) is 4.65. The molecule has 0 amide bonds. The highest BCUT2D eigenvalue weighted by atomic mass is 16.5. The Morgan fingerprint density at radius 3 is 2.55 bits per heavy atom. The Morgan fingerprint density at radius 2 is 1.79 bits per heavy atom. The lowest BCUT2D eigenvalue weighted by Crippen LogP contribution is -2.06. The number of hydrogen-bond donors (Lipinski definition) is 2. The van der Waals surface area contributed by atoms with Crippen molar-refractivity contribution in [3.63, 3.8) is 0 Å². The zero-order valence-electron chi connectivity index (χ0n) is 16.2. The van der Waals surface area contributed by atoms with Crippen LogP contribution in [0.5, 0.6) is 11.5 Å². The van der Waals surface area contributed by atoms with Gasteiger partial charge in [-0.2, -0.15) is 4.98 Å². The van der Waals surface area contributed by atoms with Crippen molar-refractivity contribution in [3.8, 4) is 11.5 Å². The van der Waals surface area contributed by atoms with E-state index in [0.717, 1.165) is 16.6 Å². The normalized spacial score (nSPS) is 11.0. The van der Waals surface area contributed by atoms with Gasteiger partial charge in [0, 0.05) is 30.4 Å². The first-order valence-corrected chi connectivity index (χ1v) is 9.07. The van der Waals surface area contributed by atoms with Gasteiger partial charge in [-0.3, -0.25) is 4.98 Å². The number of rotatable bonds is 7. The van der Waals surface area contributed by atoms with Gasteiger partial charge in [0.05, 0.1) is 30.1 Å². The Morgan fingerprint density at radius 1 is 0.966 bits per heavy atom. The van der Waals surface area contributed by atoms with Crippen molar-refractivity contribution in [1.82, 2.24) is 15.0 Å². The van der Waals surface area contributed by atoms with Crippen molar-refractivity contribution in [2.24, 2.45) is 0 Å². The van der Waals surface area contributed by atoms with Crippen molar-refractivity contribution in [2.45, 2.75) is 0 Å². The van der Waals surface area contributed by atoms with Crippen LogP contribution in [0.15, 0.2) is 48.7 Å². The summed E-state index contributed by atoms with van der Waals surface area (Å²) in [5.74, 6) is 1.93. The van der Waals surface area contributed by atoms with Crippen molar-refractivity contribution in [2.75, 3.05) is 38.5 Å². The van der Waals surface area contributed by atoms with Crippen LogP contribution in [-0.4, -0.2) is 42.4 Å². The molecule has 0 saturated carbocycles. The summed E-state index contributed by atoms with van der Waals surface area (Å²) in [4.78, 5) is 13.5. The van der Waals surface area contributed by atoms with Crippen molar-refractivity contribution in [1.29, 1.82) is 0 Å². The summed E-state index contributed by atoms with van der Waals surface area (Å²) in [6.45, 7) is 0.886. The largest absolute Gasteiger partial charge is 0.493 e. The molecule has 29 heavy (non-hydrogen) atoms. The van der Waals surface area contributed by atoms with Crippen LogP contribution in [0.2, 0.25) is 0 Å². The van der Waals surface area contributed by atoms with Crippen molar-refractivity contribution in [3.05, 3.63) is 48.7 Å². The third kappa shape index (κ3) is 3.83. The molecule has 0 spiro atoms. The van der Waals surface area contributed by atoms with Gasteiger partial charge < -0.3 is 25.3 Å². The van der Waals surface area contributed by atoms with Crippen LogP contribution in [0.1, 0.15) is 0 Å². The second kappa shape index (κ2) is 8.15. The maximum atomic E-state index is 6.18. The van der Waals surface area contributed by atoms with Gasteiger partial charge >= 0.3 is 0 Å². The maximum Gasteiger partial charge on any atom is 0.229 e. The molecule has 0 aliphatic carbocycles. The molecule has 8 nitrogen and oxygen atoms in total. The predicted octanol–water partition coefficient (Wildman–Crippen LogP) is 3.54. The third-order valence-corrected chi connectivity index (χ3v) is 4.42. The SMILES string of the molecule is COCCOc1cc2ncc3c(N)nc(Nc4ccccc4)nc3c2cc1OC. The lowest BCUT2D eigenvalue weighted by Gasteiger charge is -2.13. The molecule has 148 valence electrons. The lowest BCUT2D eigenvalue weighted by molar-refractivity contribution is 0.144. The molecule has 0 bridgehead atoms. The van der Waals surface area contributed by atoms with Crippen molar-refractivity contribution >= 4 is 39.3 Å². The highest BCUT2D eigenvalue weighted by Gasteiger charge is 2.14. The molecule has 0 radical (unpaired) electrons. The van der Waals surface area contributed by atoms with E-state index in [2.05, 4.69) is 20.3 Å². The zero-order valence-corrected chi connectivity index (χ0v) is 16.2. The third-order valence-electron chi connectivity index (χ3n) is 4.42. The average Bonchev–Trinajstić information content (AvgIpc) is 2.74. The highest BCUT2D eigenvalue weighted by Crippen LogP contribution is 2.35. The summed E-state index contributed by atoms with van der Waals surface area (Å²) in [6, 6.07) is 13.3. The summed E-state index contributed by atoms with van der Waals surface area (Å²) in [5.41, 5.74) is 8.45. The van der Waals surface area contributed by atoms with E-state index >= 15 is 0 Å². The number of benzene rings is 2. The van der Waals surface area contributed by atoms with Crippen LogP contribution in [-0.2, 0) is 4.74 Å². The van der Waals surface area contributed by atoms with Crippen LogP contribution >= 0.6 is 0 Å². The van der Waals surface area contributed by atoms with Crippen LogP contribution in [0.4, 0.5) is 17.5 Å². The van der Waals surface area contributed by atoms with E-state index in [0.29, 0.717) is 47.4 Å². The first-order chi connectivity index (χ1) is 14.2. The topological polar surface area (TPSA) is 104 Å². The first kappa shape index (κ1) is 18.7. The van der Waals surface area contributed by atoms with E-state index in [9.17, 15) is 0 Å². The van der Waals surface area contributed by atoms with E-state index in [1.54, 1.807) is 20.4 Å². The monoisotopic (exact) mass is 391 g/mol. The molecule has 2 heterocycles. The fourth-order valence-electron chi connectivity index (χ4n) is 3.01. The number of nitrogens with one attached hydrogen (secondary N) is 1. The molecular formula is C21H21N5O3. The van der Waals surface area contributed by atoms with E-state index in [4.69, 9.17) is 19.9 Å². The van der Waals surface area contributed by atoms with Gasteiger partial charge in [-0.25, -0.2) is 4.98 Å². The Labute approximate surface area is 167 Å². The molecule has 0 unspecified atom stereocenters. The molecule has 4 aromatic rings. The average molecular weight is 391 g/mol. The number of nitrogen functional groups attached to an aromatic ring is 1. The fourth-order valence-corrected chi connectivity index (χ4v) is 3.01. The number of methoxy groups -OCH3 is 2. The van der Waals surface area contributed by atoms with Crippen molar-refractivity contribution < 1.29 is 14.2 Å². The Balaban J connectivity index is 1.82. The van der Waals surface area contributed by atoms with Gasteiger partial charge in [-0.1, -0.05) is 18.2 Å². The molecule has 0 atom stereocenters. The van der Waals surface area contributed by atoms with Gasteiger partial charge in [0.1, 0.15) is 12.4 Å². The van der Waals surface area contributed by atoms with Crippen LogP contribution in [0.3, 0.4) is 0 Å². The minimum atomic E-state index is 0.349. The van der Waals surface area contributed by atoms with Gasteiger partial charge in [-0.15, -0.1) is 0 Å². The number of pyridine rings is 1. The van der Waals surface area contributed by atoms with Gasteiger partial charge in [0.2, 0.25) is 5.95 Å². The Hall–Kier alpha value is -3.65. The van der Waals surface area contributed by atoms with Gasteiger partial charge in [0.25, 0.3) is 0 Å². The zero-order chi connectivity index (χ0) is 20.2. The van der Waals surface area contributed by atoms with E-state index < -0.39 is 0 Å². The van der Waals surface area contributed by atoms with E-state index in [1.807, 2.05) is 42.5 Å². The molecule has 0 aliphatic rings. The Bertz CT molecular complexity index is 1150. The number of nitrogens with two attached hydrogens (primary N) is 1. The molecular weight excluding hydrogens is 370 g/mol. The summed E-state index contributed by atoms with van der Waals surface area (Å²) in [7, 11) is 3.22. The summed E-state index contributed by atoms with van der Waals surface area (Å²) >= 11 is 0. The minimum absolute atomic E-state index is 0.349. The number of anilines is 3. The molecule has 2 aromatic carbocycles. The van der Waals surface area contributed by atoms with E-state index in [1.165, 1.54) is 0 Å². The van der Waals surface area contributed by atoms with Gasteiger partial charge in [0.15, 0.2) is 11.5 Å². The second-order valence-corrected chi connectivity index (χ2v) is 6.31. The molecule has 8 heteroatoms. The van der Waals surface area contributed by atoms with Crippen LogP contribution < -0.4 is 20.5 Å². The maximum absolute atomic E-state index is 6.18. The number of fused-ring (bicyclic) bond motifs is 3. The second-order valence-electron chi connectivity index (χ2n) is 6.31. The van der Waals surface area contributed by atoms with Crippen LogP contribution in [0, 0.1) is 0 Å². The number of nitrogens with zero attached hydrogens (tertiary/aromatic N) is 3. The minimum Gasteiger partial charge on any atom is -0.493 e. The highest BCUT2D eigenvalue weighted by molar-refractivity contribution is 6.07. The number of ether oxygens (including phenoxy) is 3. The standard InChI is InChI=1S/C21H21N5O3/c1-27-8-9-29-18-11-16-14(10-17(18)28-2)19-15(12-23-16)20(22)26-21(25-19)24-13-6-4-3-5-7-13/h3-7,10-12H,8-9H2,1-2H3,(H3,22,24,25,26). The fraction of sp³-hybridized carbons (Fsp3) is 0.190. The molecule has 3 N–H and O–H groups in total. The predicted molar refractivity (Wildman–Crippen MR) is 113 cm³/mol. The number of hydrogen-bond acceptors (Lipinski definition) is 8. The molecule has 0 aliphatic heterocycles.